The van der Waals surface area contributed by atoms with Gasteiger partial charge in [0.1, 0.15) is 0 Å². The predicted octanol–water partition coefficient (Wildman–Crippen LogP) is 1.01. The second-order valence-electron chi connectivity index (χ2n) is 8.15. The van der Waals surface area contributed by atoms with E-state index in [0.29, 0.717) is 18.1 Å². The van der Waals surface area contributed by atoms with E-state index in [2.05, 4.69) is 46.2 Å². The SMILES string of the molecule is CN=C(NCC(C)CN1CCOCC1)NC1CCN(CCOC(C)C)CC1. The fraction of sp³-hybridized carbons (Fsp3) is 0.950. The van der Waals surface area contributed by atoms with E-state index in [1.165, 1.54) is 0 Å². The van der Waals surface area contributed by atoms with Crippen molar-refractivity contribution in [3.8, 4) is 0 Å². The summed E-state index contributed by atoms with van der Waals surface area (Å²) in [7, 11) is 1.86. The standard InChI is InChI=1S/C20H41N5O2/c1-17(2)27-14-11-24-7-5-19(6-8-24)23-20(21-4)22-15-18(3)16-25-9-12-26-13-10-25/h17-19H,5-16H2,1-4H3,(H2,21,22,23). The van der Waals surface area contributed by atoms with Crippen molar-refractivity contribution >= 4 is 5.96 Å². The van der Waals surface area contributed by atoms with Gasteiger partial charge in [-0.05, 0) is 32.6 Å². The molecule has 0 spiro atoms. The number of piperidine rings is 1. The minimum atomic E-state index is 0.323. The van der Waals surface area contributed by atoms with E-state index in [0.717, 1.165) is 84.4 Å². The van der Waals surface area contributed by atoms with Crippen molar-refractivity contribution in [1.29, 1.82) is 0 Å². The number of rotatable bonds is 9. The predicted molar refractivity (Wildman–Crippen MR) is 111 cm³/mol. The molecule has 2 aliphatic rings. The van der Waals surface area contributed by atoms with Gasteiger partial charge in [-0.15, -0.1) is 0 Å². The Balaban J connectivity index is 1.59. The molecule has 0 aliphatic carbocycles. The number of hydrogen-bond donors (Lipinski definition) is 2. The molecular formula is C20H41N5O2. The fourth-order valence-corrected chi connectivity index (χ4v) is 3.67. The van der Waals surface area contributed by atoms with Crippen molar-refractivity contribution in [3.63, 3.8) is 0 Å². The largest absolute Gasteiger partial charge is 0.379 e. The highest BCUT2D eigenvalue weighted by atomic mass is 16.5. The van der Waals surface area contributed by atoms with Crippen LogP contribution < -0.4 is 10.6 Å². The van der Waals surface area contributed by atoms with E-state index < -0.39 is 0 Å². The van der Waals surface area contributed by atoms with Crippen molar-refractivity contribution in [2.24, 2.45) is 10.9 Å². The smallest absolute Gasteiger partial charge is 0.191 e. The van der Waals surface area contributed by atoms with Gasteiger partial charge in [0.25, 0.3) is 0 Å². The summed E-state index contributed by atoms with van der Waals surface area (Å²) in [5.74, 6) is 1.52. The Labute approximate surface area is 165 Å². The lowest BCUT2D eigenvalue weighted by Crippen LogP contribution is -2.50. The van der Waals surface area contributed by atoms with Crippen molar-refractivity contribution in [3.05, 3.63) is 0 Å². The van der Waals surface area contributed by atoms with E-state index in [-0.39, 0.29) is 0 Å². The molecular weight excluding hydrogens is 342 g/mol. The molecule has 2 aliphatic heterocycles. The van der Waals surface area contributed by atoms with Crippen LogP contribution in [0, 0.1) is 5.92 Å². The third-order valence-electron chi connectivity index (χ3n) is 5.30. The lowest BCUT2D eigenvalue weighted by Gasteiger charge is -2.33. The van der Waals surface area contributed by atoms with E-state index in [4.69, 9.17) is 9.47 Å². The lowest BCUT2D eigenvalue weighted by molar-refractivity contribution is 0.0320. The lowest BCUT2D eigenvalue weighted by atomic mass is 10.1. The number of guanidine groups is 1. The first-order valence-electron chi connectivity index (χ1n) is 10.7. The van der Waals surface area contributed by atoms with Crippen molar-refractivity contribution in [1.82, 2.24) is 20.4 Å². The molecule has 7 heteroatoms. The Morgan fingerprint density at radius 3 is 2.44 bits per heavy atom. The van der Waals surface area contributed by atoms with Crippen LogP contribution in [0.3, 0.4) is 0 Å². The molecule has 0 radical (unpaired) electrons. The van der Waals surface area contributed by atoms with Crippen LogP contribution in [0.25, 0.3) is 0 Å². The first-order chi connectivity index (χ1) is 13.1. The van der Waals surface area contributed by atoms with Gasteiger partial charge >= 0.3 is 0 Å². The molecule has 1 unspecified atom stereocenters. The molecule has 1 atom stereocenters. The van der Waals surface area contributed by atoms with Crippen LogP contribution in [-0.2, 0) is 9.47 Å². The molecule has 0 bridgehead atoms. The summed E-state index contributed by atoms with van der Waals surface area (Å²) >= 11 is 0. The average Bonchev–Trinajstić information content (AvgIpc) is 2.67. The number of nitrogens with zero attached hydrogens (tertiary/aromatic N) is 3. The molecule has 2 N–H and O–H groups in total. The molecule has 0 aromatic rings. The zero-order valence-corrected chi connectivity index (χ0v) is 17.9. The Morgan fingerprint density at radius 1 is 1.11 bits per heavy atom. The van der Waals surface area contributed by atoms with Gasteiger partial charge in [-0.25, -0.2) is 0 Å². The molecule has 0 amide bonds. The summed E-state index contributed by atoms with van der Waals surface area (Å²) in [6, 6.07) is 0.507. The third kappa shape index (κ3) is 9.23. The van der Waals surface area contributed by atoms with Crippen LogP contribution in [-0.4, -0.2) is 101 Å². The van der Waals surface area contributed by atoms with Crippen LogP contribution in [0.1, 0.15) is 33.6 Å². The summed E-state index contributed by atoms with van der Waals surface area (Å²) < 4.78 is 11.1. The van der Waals surface area contributed by atoms with Crippen LogP contribution in [0.4, 0.5) is 0 Å². The van der Waals surface area contributed by atoms with E-state index in [9.17, 15) is 0 Å². The van der Waals surface area contributed by atoms with Gasteiger partial charge in [-0.2, -0.15) is 0 Å². The normalized spacial score (nSPS) is 22.2. The van der Waals surface area contributed by atoms with Gasteiger partial charge in [0, 0.05) is 58.9 Å². The number of ether oxygens (including phenoxy) is 2. The van der Waals surface area contributed by atoms with E-state index in [1.54, 1.807) is 0 Å². The van der Waals surface area contributed by atoms with E-state index in [1.807, 2.05) is 7.05 Å². The molecule has 0 saturated carbocycles. The highest BCUT2D eigenvalue weighted by molar-refractivity contribution is 5.79. The van der Waals surface area contributed by atoms with Crippen molar-refractivity contribution in [2.75, 3.05) is 72.7 Å². The van der Waals surface area contributed by atoms with Gasteiger partial charge in [0.05, 0.1) is 25.9 Å². The molecule has 0 aromatic carbocycles. The second kappa shape index (κ2) is 12.5. The third-order valence-corrected chi connectivity index (χ3v) is 5.30. The minimum Gasteiger partial charge on any atom is -0.379 e. The van der Waals surface area contributed by atoms with Gasteiger partial charge < -0.3 is 25.0 Å². The first kappa shape index (κ1) is 22.4. The van der Waals surface area contributed by atoms with Gasteiger partial charge in [0.2, 0.25) is 0 Å². The maximum Gasteiger partial charge on any atom is 0.191 e. The molecule has 2 rings (SSSR count). The van der Waals surface area contributed by atoms with Crippen molar-refractivity contribution in [2.45, 2.75) is 45.8 Å². The summed E-state index contributed by atoms with van der Waals surface area (Å²) in [5.41, 5.74) is 0. The highest BCUT2D eigenvalue weighted by Crippen LogP contribution is 2.10. The zero-order valence-electron chi connectivity index (χ0n) is 17.9. The average molecular weight is 384 g/mol. The van der Waals surface area contributed by atoms with Gasteiger partial charge in [-0.3, -0.25) is 9.89 Å². The zero-order chi connectivity index (χ0) is 19.5. The number of nitrogens with one attached hydrogen (secondary N) is 2. The quantitative estimate of drug-likeness (QED) is 0.458. The second-order valence-corrected chi connectivity index (χ2v) is 8.15. The molecule has 0 aromatic heterocycles. The van der Waals surface area contributed by atoms with Gasteiger partial charge in [0.15, 0.2) is 5.96 Å². The minimum absolute atomic E-state index is 0.323. The summed E-state index contributed by atoms with van der Waals surface area (Å²) in [6.07, 6.45) is 2.64. The highest BCUT2D eigenvalue weighted by Gasteiger charge is 2.20. The maximum absolute atomic E-state index is 5.67. The molecule has 2 saturated heterocycles. The summed E-state index contributed by atoms with van der Waals surface area (Å²) in [6.45, 7) is 16.5. The van der Waals surface area contributed by atoms with Crippen molar-refractivity contribution < 1.29 is 9.47 Å². The maximum atomic E-state index is 5.67. The monoisotopic (exact) mass is 383 g/mol. The Morgan fingerprint density at radius 2 is 1.81 bits per heavy atom. The fourth-order valence-electron chi connectivity index (χ4n) is 3.67. The number of hydrogen-bond acceptors (Lipinski definition) is 5. The summed E-state index contributed by atoms with van der Waals surface area (Å²) in [4.78, 5) is 9.41. The number of aliphatic imine (C=N–C) groups is 1. The Bertz CT molecular complexity index is 419. The topological polar surface area (TPSA) is 61.4 Å². The molecule has 27 heavy (non-hydrogen) atoms. The molecule has 7 nitrogen and oxygen atoms in total. The summed E-state index contributed by atoms with van der Waals surface area (Å²) in [5, 5.41) is 7.12. The van der Waals surface area contributed by atoms with Crippen LogP contribution in [0.5, 0.6) is 0 Å². The molecule has 158 valence electrons. The van der Waals surface area contributed by atoms with Crippen LogP contribution >= 0.6 is 0 Å². The first-order valence-corrected chi connectivity index (χ1v) is 10.7. The van der Waals surface area contributed by atoms with Gasteiger partial charge in [-0.1, -0.05) is 6.92 Å². The molecule has 2 heterocycles. The number of likely N-dealkylation sites (tertiary alicyclic amines) is 1. The van der Waals surface area contributed by atoms with Crippen LogP contribution in [0.15, 0.2) is 4.99 Å². The Kier molecular flexibility index (Phi) is 10.4. The Hall–Kier alpha value is -0.890. The van der Waals surface area contributed by atoms with Crippen LogP contribution in [0.2, 0.25) is 0 Å². The van der Waals surface area contributed by atoms with E-state index >= 15 is 0 Å². The number of morpholine rings is 1. The molecule has 2 fully saturated rings.